The van der Waals surface area contributed by atoms with Gasteiger partial charge in [0.25, 0.3) is 5.91 Å². The van der Waals surface area contributed by atoms with Gasteiger partial charge in [-0.05, 0) is 25.7 Å². The fourth-order valence-electron chi connectivity index (χ4n) is 1.88. The van der Waals surface area contributed by atoms with E-state index >= 15 is 0 Å². The Morgan fingerprint density at radius 3 is 2.94 bits per heavy atom. The summed E-state index contributed by atoms with van der Waals surface area (Å²) in [5.74, 6) is 1.08. The fourth-order valence-corrected chi connectivity index (χ4v) is 1.88. The molecule has 3 rings (SSSR count). The summed E-state index contributed by atoms with van der Waals surface area (Å²) in [7, 11) is 0. The minimum absolute atomic E-state index is 0.0707. The summed E-state index contributed by atoms with van der Waals surface area (Å²) in [6.07, 6.45) is 4.22. The molecule has 0 aromatic carbocycles. The molecule has 0 spiro atoms. The van der Waals surface area contributed by atoms with Crippen LogP contribution in [0.2, 0.25) is 0 Å². The minimum Gasteiger partial charge on any atom is -0.396 e. The van der Waals surface area contributed by atoms with E-state index in [0.29, 0.717) is 18.2 Å². The molecule has 2 saturated carbocycles. The topological polar surface area (TPSA) is 75.4 Å². The number of carbonyl (C=O) groups is 1. The molecule has 17 heavy (non-hydrogen) atoms. The summed E-state index contributed by atoms with van der Waals surface area (Å²) in [6, 6.07) is 1.73. The van der Waals surface area contributed by atoms with Gasteiger partial charge in [-0.25, -0.2) is 0 Å². The molecular formula is C12H16N2O3. The van der Waals surface area contributed by atoms with Gasteiger partial charge in [-0.2, -0.15) is 0 Å². The molecule has 0 saturated heterocycles. The molecule has 0 radical (unpaired) electrons. The summed E-state index contributed by atoms with van der Waals surface area (Å²) in [6.45, 7) is 0.660. The van der Waals surface area contributed by atoms with E-state index in [9.17, 15) is 4.79 Å². The van der Waals surface area contributed by atoms with Gasteiger partial charge in [-0.3, -0.25) is 4.79 Å². The summed E-state index contributed by atoms with van der Waals surface area (Å²) in [4.78, 5) is 11.8. The molecule has 2 fully saturated rings. The standard InChI is InChI=1S/C12H16N2O3/c15-7-12(3-4-12)6-13-11(16)9-5-10(17-14-9)8-1-2-8/h5,8,15H,1-4,6-7H2,(H,13,16). The van der Waals surface area contributed by atoms with Crippen molar-refractivity contribution >= 4 is 5.91 Å². The molecule has 5 nitrogen and oxygen atoms in total. The molecule has 1 aromatic heterocycles. The number of hydrogen-bond acceptors (Lipinski definition) is 4. The van der Waals surface area contributed by atoms with Crippen LogP contribution in [0.1, 0.15) is 47.8 Å². The van der Waals surface area contributed by atoms with E-state index in [1.165, 1.54) is 0 Å². The first-order valence-corrected chi connectivity index (χ1v) is 6.08. The van der Waals surface area contributed by atoms with Crippen molar-refractivity contribution in [3.05, 3.63) is 17.5 Å². The first-order chi connectivity index (χ1) is 8.22. The van der Waals surface area contributed by atoms with Gasteiger partial charge in [0.2, 0.25) is 0 Å². The van der Waals surface area contributed by atoms with E-state index in [2.05, 4.69) is 10.5 Å². The number of rotatable bonds is 5. The SMILES string of the molecule is O=C(NCC1(CO)CC1)c1cc(C2CC2)on1. The molecule has 92 valence electrons. The van der Waals surface area contributed by atoms with Crippen molar-refractivity contribution < 1.29 is 14.4 Å². The quantitative estimate of drug-likeness (QED) is 0.801. The maximum Gasteiger partial charge on any atom is 0.273 e. The Morgan fingerprint density at radius 2 is 2.35 bits per heavy atom. The highest BCUT2D eigenvalue weighted by molar-refractivity contribution is 5.92. The van der Waals surface area contributed by atoms with Crippen molar-refractivity contribution in [2.75, 3.05) is 13.2 Å². The highest BCUT2D eigenvalue weighted by Crippen LogP contribution is 2.44. The molecule has 2 N–H and O–H groups in total. The number of nitrogens with zero attached hydrogens (tertiary/aromatic N) is 1. The zero-order valence-electron chi connectivity index (χ0n) is 9.61. The molecule has 1 amide bonds. The van der Waals surface area contributed by atoms with Crippen LogP contribution in [0.25, 0.3) is 0 Å². The summed E-state index contributed by atoms with van der Waals surface area (Å²) < 4.78 is 5.12. The number of hydrogen-bond donors (Lipinski definition) is 2. The number of carbonyl (C=O) groups excluding carboxylic acids is 1. The van der Waals surface area contributed by atoms with Crippen molar-refractivity contribution in [2.24, 2.45) is 5.41 Å². The van der Waals surface area contributed by atoms with Gasteiger partial charge in [0.15, 0.2) is 5.69 Å². The minimum atomic E-state index is -0.208. The number of amides is 1. The fraction of sp³-hybridized carbons (Fsp3) is 0.667. The highest BCUT2D eigenvalue weighted by atomic mass is 16.5. The van der Waals surface area contributed by atoms with Gasteiger partial charge in [0.05, 0.1) is 6.61 Å². The van der Waals surface area contributed by atoms with Gasteiger partial charge in [0.1, 0.15) is 5.76 Å². The average molecular weight is 236 g/mol. The largest absolute Gasteiger partial charge is 0.396 e. The third-order valence-electron chi connectivity index (χ3n) is 3.66. The molecule has 2 aliphatic carbocycles. The Hall–Kier alpha value is -1.36. The van der Waals surface area contributed by atoms with E-state index in [1.807, 2.05) is 0 Å². The zero-order valence-corrected chi connectivity index (χ0v) is 9.61. The lowest BCUT2D eigenvalue weighted by molar-refractivity contribution is 0.0926. The van der Waals surface area contributed by atoms with Gasteiger partial charge in [-0.15, -0.1) is 0 Å². The van der Waals surface area contributed by atoms with Crippen molar-refractivity contribution in [3.8, 4) is 0 Å². The summed E-state index contributed by atoms with van der Waals surface area (Å²) in [5, 5.41) is 15.7. The zero-order chi connectivity index (χ0) is 11.9. The second-order valence-corrected chi connectivity index (χ2v) is 5.23. The van der Waals surface area contributed by atoms with Gasteiger partial charge in [-0.1, -0.05) is 5.16 Å². The number of aliphatic hydroxyl groups excluding tert-OH is 1. The van der Waals surface area contributed by atoms with E-state index in [0.717, 1.165) is 31.4 Å². The number of aromatic nitrogens is 1. The number of aliphatic hydroxyl groups is 1. The van der Waals surface area contributed by atoms with Crippen LogP contribution >= 0.6 is 0 Å². The smallest absolute Gasteiger partial charge is 0.273 e. The van der Waals surface area contributed by atoms with Gasteiger partial charge in [0, 0.05) is 23.9 Å². The molecule has 1 heterocycles. The first-order valence-electron chi connectivity index (χ1n) is 6.08. The van der Waals surface area contributed by atoms with Crippen LogP contribution in [-0.2, 0) is 0 Å². The van der Waals surface area contributed by atoms with Crippen molar-refractivity contribution in [1.29, 1.82) is 0 Å². The molecule has 2 aliphatic rings. The summed E-state index contributed by atoms with van der Waals surface area (Å²) in [5.41, 5.74) is 0.277. The maximum atomic E-state index is 11.8. The average Bonchev–Trinajstić information content (AvgIpc) is 3.27. The third kappa shape index (κ3) is 2.20. The Balaban J connectivity index is 1.57. The molecule has 0 aliphatic heterocycles. The number of nitrogens with one attached hydrogen (secondary N) is 1. The Bertz CT molecular complexity index is 433. The van der Waals surface area contributed by atoms with Crippen molar-refractivity contribution in [2.45, 2.75) is 31.6 Å². The van der Waals surface area contributed by atoms with Crippen molar-refractivity contribution in [3.63, 3.8) is 0 Å². The molecule has 5 heteroatoms. The molecule has 0 bridgehead atoms. The lowest BCUT2D eigenvalue weighted by atomic mass is 10.1. The Morgan fingerprint density at radius 1 is 1.59 bits per heavy atom. The second-order valence-electron chi connectivity index (χ2n) is 5.23. The molecule has 0 atom stereocenters. The van der Waals surface area contributed by atoms with Gasteiger partial charge < -0.3 is 14.9 Å². The molecule has 0 unspecified atom stereocenters. The second kappa shape index (κ2) is 3.84. The highest BCUT2D eigenvalue weighted by Gasteiger charge is 2.42. The Kier molecular flexibility index (Phi) is 2.43. The van der Waals surface area contributed by atoms with Crippen LogP contribution in [-0.4, -0.2) is 29.3 Å². The van der Waals surface area contributed by atoms with E-state index < -0.39 is 0 Å². The van der Waals surface area contributed by atoms with Crippen LogP contribution in [0, 0.1) is 5.41 Å². The molecule has 1 aromatic rings. The monoisotopic (exact) mass is 236 g/mol. The van der Waals surface area contributed by atoms with Crippen LogP contribution in [0.5, 0.6) is 0 Å². The lowest BCUT2D eigenvalue weighted by Gasteiger charge is -2.11. The van der Waals surface area contributed by atoms with Crippen LogP contribution in [0.15, 0.2) is 10.6 Å². The Labute approximate surface area is 99.2 Å². The van der Waals surface area contributed by atoms with E-state index in [1.54, 1.807) is 6.07 Å². The predicted molar refractivity (Wildman–Crippen MR) is 59.6 cm³/mol. The van der Waals surface area contributed by atoms with Crippen LogP contribution in [0.4, 0.5) is 0 Å². The maximum absolute atomic E-state index is 11.8. The lowest BCUT2D eigenvalue weighted by Crippen LogP contribution is -2.32. The van der Waals surface area contributed by atoms with Gasteiger partial charge >= 0.3 is 0 Å². The third-order valence-corrected chi connectivity index (χ3v) is 3.66. The molecular weight excluding hydrogens is 220 g/mol. The predicted octanol–water partition coefficient (Wildman–Crippen LogP) is 1.05. The van der Waals surface area contributed by atoms with Crippen LogP contribution < -0.4 is 5.32 Å². The summed E-state index contributed by atoms with van der Waals surface area (Å²) >= 11 is 0. The van der Waals surface area contributed by atoms with E-state index in [4.69, 9.17) is 9.63 Å². The first kappa shape index (κ1) is 10.8. The van der Waals surface area contributed by atoms with Crippen molar-refractivity contribution in [1.82, 2.24) is 10.5 Å². The normalized spacial score (nSPS) is 21.2. The van der Waals surface area contributed by atoms with E-state index in [-0.39, 0.29) is 17.9 Å². The van der Waals surface area contributed by atoms with Crippen LogP contribution in [0.3, 0.4) is 0 Å².